The number of benzene rings is 3. The van der Waals surface area contributed by atoms with Crippen LogP contribution in [0.2, 0.25) is 0 Å². The number of aliphatic hydroxyl groups is 1. The van der Waals surface area contributed by atoms with Gasteiger partial charge in [0.2, 0.25) is 0 Å². The standard InChI is InChI=1S/C28H35N5O5S.C7H8/c1-19-18-39-25(32-19)17-33(2)28(37)23-14-21(13-22(15-23)27(36)31-10-11-34)26(35)30-9-5-8-29-16-20-6-4-7-24(12-20)38-3;1-7-5-3-2-4-6-7/h4,6-7,12-15,18,29,34H,5,8-11,16-17H2,1-3H3,(H,30,35)(H,31,36);2-6H,1H3. The van der Waals surface area contributed by atoms with E-state index in [1.165, 1.54) is 40.0 Å². The van der Waals surface area contributed by atoms with E-state index >= 15 is 0 Å². The molecular formula is C35H43N5O5S. The minimum absolute atomic E-state index is 0.0601. The number of nitrogens with one attached hydrogen (secondary N) is 3. The number of aromatic nitrogens is 1. The third kappa shape index (κ3) is 12.1. The zero-order valence-electron chi connectivity index (χ0n) is 26.8. The largest absolute Gasteiger partial charge is 0.497 e. The molecule has 0 aliphatic heterocycles. The number of thiazole rings is 1. The van der Waals surface area contributed by atoms with Gasteiger partial charge in [0.05, 0.1) is 20.3 Å². The van der Waals surface area contributed by atoms with Gasteiger partial charge < -0.3 is 30.7 Å². The summed E-state index contributed by atoms with van der Waals surface area (Å²) in [6, 6.07) is 22.5. The van der Waals surface area contributed by atoms with Crippen molar-refractivity contribution in [2.75, 3.05) is 40.4 Å². The number of nitrogens with zero attached hydrogens (tertiary/aromatic N) is 2. The molecule has 0 spiro atoms. The second-order valence-corrected chi connectivity index (χ2v) is 11.6. The van der Waals surface area contributed by atoms with Crippen LogP contribution in [0.5, 0.6) is 5.75 Å². The second-order valence-electron chi connectivity index (χ2n) is 10.6. The van der Waals surface area contributed by atoms with E-state index in [0.29, 0.717) is 32.6 Å². The number of amides is 3. The Bertz CT molecular complexity index is 1560. The number of aliphatic hydroxyl groups excluding tert-OH is 1. The third-order valence-electron chi connectivity index (χ3n) is 6.71. The summed E-state index contributed by atoms with van der Waals surface area (Å²) in [5.74, 6) is -0.397. The topological polar surface area (TPSA) is 133 Å². The summed E-state index contributed by atoms with van der Waals surface area (Å²) in [5, 5.41) is 20.5. The van der Waals surface area contributed by atoms with Gasteiger partial charge in [-0.25, -0.2) is 4.98 Å². The van der Waals surface area contributed by atoms with Crippen LogP contribution in [-0.2, 0) is 13.1 Å². The van der Waals surface area contributed by atoms with Gasteiger partial charge in [-0.2, -0.15) is 0 Å². The molecule has 0 bridgehead atoms. The first-order chi connectivity index (χ1) is 22.2. The Kier molecular flexibility index (Phi) is 14.9. The van der Waals surface area contributed by atoms with Crippen LogP contribution in [0.1, 0.15) is 59.3 Å². The van der Waals surface area contributed by atoms with E-state index in [-0.39, 0.29) is 41.7 Å². The first-order valence-electron chi connectivity index (χ1n) is 15.0. The van der Waals surface area contributed by atoms with Crippen molar-refractivity contribution in [3.63, 3.8) is 0 Å². The Morgan fingerprint density at radius 2 is 1.54 bits per heavy atom. The fourth-order valence-corrected chi connectivity index (χ4v) is 5.15. The van der Waals surface area contributed by atoms with Gasteiger partial charge in [0.1, 0.15) is 10.8 Å². The van der Waals surface area contributed by atoms with E-state index < -0.39 is 5.91 Å². The Labute approximate surface area is 274 Å². The number of carbonyl (C=O) groups excluding carboxylic acids is 3. The monoisotopic (exact) mass is 645 g/mol. The summed E-state index contributed by atoms with van der Waals surface area (Å²) in [6.45, 7) is 5.89. The van der Waals surface area contributed by atoms with Crippen LogP contribution in [-0.4, -0.2) is 73.1 Å². The predicted molar refractivity (Wildman–Crippen MR) is 181 cm³/mol. The van der Waals surface area contributed by atoms with Crippen molar-refractivity contribution < 1.29 is 24.2 Å². The number of rotatable bonds is 14. The quantitative estimate of drug-likeness (QED) is 0.150. The van der Waals surface area contributed by atoms with E-state index in [1.54, 1.807) is 14.2 Å². The van der Waals surface area contributed by atoms with E-state index in [1.807, 2.05) is 54.8 Å². The molecule has 4 rings (SSSR count). The third-order valence-corrected chi connectivity index (χ3v) is 7.66. The van der Waals surface area contributed by atoms with Crippen LogP contribution < -0.4 is 20.7 Å². The summed E-state index contributed by atoms with van der Waals surface area (Å²) < 4.78 is 5.24. The summed E-state index contributed by atoms with van der Waals surface area (Å²) in [5.41, 5.74) is 3.89. The molecule has 11 heteroatoms. The normalized spacial score (nSPS) is 10.4. The van der Waals surface area contributed by atoms with Crippen LogP contribution >= 0.6 is 11.3 Å². The highest BCUT2D eigenvalue weighted by molar-refractivity contribution is 7.09. The van der Waals surface area contributed by atoms with Crippen LogP contribution in [0.25, 0.3) is 0 Å². The van der Waals surface area contributed by atoms with E-state index in [4.69, 9.17) is 9.84 Å². The average Bonchev–Trinajstić information content (AvgIpc) is 3.49. The van der Waals surface area contributed by atoms with Crippen molar-refractivity contribution in [3.05, 3.63) is 117 Å². The minimum Gasteiger partial charge on any atom is -0.497 e. The van der Waals surface area contributed by atoms with Crippen molar-refractivity contribution in [2.45, 2.75) is 33.4 Å². The molecule has 46 heavy (non-hydrogen) atoms. The molecule has 0 fully saturated rings. The summed E-state index contributed by atoms with van der Waals surface area (Å²) >= 11 is 1.46. The zero-order chi connectivity index (χ0) is 33.3. The summed E-state index contributed by atoms with van der Waals surface area (Å²) in [4.78, 5) is 44.6. The number of aryl methyl sites for hydroxylation is 2. The van der Waals surface area contributed by atoms with E-state index in [2.05, 4.69) is 40.0 Å². The van der Waals surface area contributed by atoms with Gasteiger partial charge >= 0.3 is 0 Å². The number of hydrogen-bond donors (Lipinski definition) is 4. The molecule has 1 aromatic heterocycles. The molecule has 0 radical (unpaired) electrons. The molecule has 0 saturated carbocycles. The van der Waals surface area contributed by atoms with Crippen LogP contribution in [0, 0.1) is 13.8 Å². The lowest BCUT2D eigenvalue weighted by Gasteiger charge is -2.17. The molecular weight excluding hydrogens is 602 g/mol. The number of hydrogen-bond acceptors (Lipinski definition) is 8. The maximum Gasteiger partial charge on any atom is 0.254 e. The Balaban J connectivity index is 0.000000724. The molecule has 0 aliphatic rings. The second kappa shape index (κ2) is 19.1. The van der Waals surface area contributed by atoms with Crippen molar-refractivity contribution in [3.8, 4) is 5.75 Å². The number of carbonyl (C=O) groups is 3. The molecule has 1 heterocycles. The van der Waals surface area contributed by atoms with Gasteiger partial charge in [-0.15, -0.1) is 11.3 Å². The number of ether oxygens (including phenoxy) is 1. The molecule has 0 aliphatic carbocycles. The van der Waals surface area contributed by atoms with Crippen LogP contribution in [0.4, 0.5) is 0 Å². The SMILES string of the molecule is COc1cccc(CNCCCNC(=O)c2cc(C(=O)NCCO)cc(C(=O)N(C)Cc3nc(C)cs3)c2)c1.Cc1ccccc1. The van der Waals surface area contributed by atoms with Crippen molar-refractivity contribution >= 4 is 29.1 Å². The van der Waals surface area contributed by atoms with Gasteiger partial charge in [0, 0.05) is 54.4 Å². The maximum atomic E-state index is 13.2. The van der Waals surface area contributed by atoms with Crippen molar-refractivity contribution in [2.24, 2.45) is 0 Å². The Hall–Kier alpha value is -4.58. The predicted octanol–water partition coefficient (Wildman–Crippen LogP) is 4.36. The van der Waals surface area contributed by atoms with Gasteiger partial charge in [-0.1, -0.05) is 48.0 Å². The lowest BCUT2D eigenvalue weighted by molar-refractivity contribution is 0.0785. The van der Waals surface area contributed by atoms with Gasteiger partial charge in [0.25, 0.3) is 17.7 Å². The maximum absolute atomic E-state index is 13.2. The molecule has 0 atom stereocenters. The van der Waals surface area contributed by atoms with Crippen LogP contribution in [0.15, 0.2) is 78.2 Å². The lowest BCUT2D eigenvalue weighted by atomic mass is 10.0. The molecule has 10 nitrogen and oxygen atoms in total. The smallest absolute Gasteiger partial charge is 0.254 e. The van der Waals surface area contributed by atoms with Gasteiger partial charge in [-0.05, 0) is 62.7 Å². The first kappa shape index (κ1) is 35.9. The highest BCUT2D eigenvalue weighted by Crippen LogP contribution is 2.17. The molecule has 0 saturated heterocycles. The molecule has 244 valence electrons. The molecule has 4 aromatic rings. The van der Waals surface area contributed by atoms with Crippen molar-refractivity contribution in [1.82, 2.24) is 25.8 Å². The molecule has 4 N–H and O–H groups in total. The fourth-order valence-electron chi connectivity index (χ4n) is 4.32. The highest BCUT2D eigenvalue weighted by atomic mass is 32.1. The zero-order valence-corrected chi connectivity index (χ0v) is 27.7. The molecule has 0 unspecified atom stereocenters. The fraction of sp³-hybridized carbons (Fsp3) is 0.314. The van der Waals surface area contributed by atoms with E-state index in [9.17, 15) is 14.4 Å². The first-order valence-corrected chi connectivity index (χ1v) is 15.9. The lowest BCUT2D eigenvalue weighted by Crippen LogP contribution is -2.31. The van der Waals surface area contributed by atoms with E-state index in [0.717, 1.165) is 22.0 Å². The van der Waals surface area contributed by atoms with Crippen molar-refractivity contribution in [1.29, 1.82) is 0 Å². The summed E-state index contributed by atoms with van der Waals surface area (Å²) in [7, 11) is 3.28. The summed E-state index contributed by atoms with van der Waals surface area (Å²) in [6.07, 6.45) is 0.689. The number of methoxy groups -OCH3 is 1. The Morgan fingerprint density at radius 3 is 2.13 bits per heavy atom. The molecule has 3 amide bonds. The average molecular weight is 646 g/mol. The Morgan fingerprint density at radius 1 is 0.870 bits per heavy atom. The highest BCUT2D eigenvalue weighted by Gasteiger charge is 2.19. The van der Waals surface area contributed by atoms with Crippen LogP contribution in [0.3, 0.4) is 0 Å². The molecule has 3 aromatic carbocycles. The van der Waals surface area contributed by atoms with Gasteiger partial charge in [-0.3, -0.25) is 14.4 Å². The minimum atomic E-state index is -0.479. The van der Waals surface area contributed by atoms with Gasteiger partial charge in [0.15, 0.2) is 0 Å².